The molecule has 0 aliphatic heterocycles. The predicted molar refractivity (Wildman–Crippen MR) is 357 cm³/mol. The second kappa shape index (κ2) is 71.1. The molecule has 0 radical (unpaired) electrons. The highest BCUT2D eigenvalue weighted by atomic mass is 16.5. The van der Waals surface area contributed by atoms with E-state index in [1.165, 1.54) is 353 Å². The number of hydrogen-bond donors (Lipinski definition) is 3. The Morgan fingerprint density at radius 1 is 0.333 bits per heavy atom. The van der Waals surface area contributed by atoms with E-state index in [2.05, 4.69) is 31.3 Å². The first-order valence-corrected chi connectivity index (χ1v) is 37.4. The fourth-order valence-corrected chi connectivity index (χ4v) is 12.1. The zero-order valence-corrected chi connectivity index (χ0v) is 55.3. The first-order valence-electron chi connectivity index (χ1n) is 37.4. The summed E-state index contributed by atoms with van der Waals surface area (Å²) in [5.41, 5.74) is 0. The molecule has 81 heavy (non-hydrogen) atoms. The molecule has 2 atom stereocenters. The molecule has 0 bridgehead atoms. The highest BCUT2D eigenvalue weighted by Gasteiger charge is 2.20. The minimum atomic E-state index is -0.663. The minimum Gasteiger partial charge on any atom is -0.466 e. The lowest BCUT2D eigenvalue weighted by Gasteiger charge is -2.22. The predicted octanol–water partition coefficient (Wildman–Crippen LogP) is 24.3. The van der Waals surface area contributed by atoms with Crippen LogP contribution in [-0.2, 0) is 14.3 Å². The number of nitrogens with one attached hydrogen (secondary N) is 1. The fraction of sp³-hybridized carbons (Fsp3) is 0.947. The molecule has 0 aromatic rings. The van der Waals surface area contributed by atoms with Crippen molar-refractivity contribution in [3.8, 4) is 0 Å². The number of carbonyl (C=O) groups is 2. The second-order valence-corrected chi connectivity index (χ2v) is 26.0. The van der Waals surface area contributed by atoms with Gasteiger partial charge in [0, 0.05) is 12.8 Å². The average molecular weight is 1140 g/mol. The molecule has 0 spiro atoms. The second-order valence-electron chi connectivity index (χ2n) is 26.0. The molecule has 0 aromatic heterocycles. The van der Waals surface area contributed by atoms with Crippen molar-refractivity contribution in [2.45, 2.75) is 443 Å². The number of ether oxygens (including phenoxy) is 1. The fourth-order valence-electron chi connectivity index (χ4n) is 12.1. The van der Waals surface area contributed by atoms with Crippen LogP contribution in [0, 0.1) is 0 Å². The number of rotatable bonds is 71. The summed E-state index contributed by atoms with van der Waals surface area (Å²) in [7, 11) is 0. The molecule has 0 heterocycles. The van der Waals surface area contributed by atoms with Crippen molar-refractivity contribution in [3.05, 3.63) is 12.2 Å². The van der Waals surface area contributed by atoms with E-state index in [9.17, 15) is 19.8 Å². The smallest absolute Gasteiger partial charge is 0.305 e. The van der Waals surface area contributed by atoms with Crippen molar-refractivity contribution < 1.29 is 24.5 Å². The molecule has 0 saturated carbocycles. The Balaban J connectivity index is 3.35. The summed E-state index contributed by atoms with van der Waals surface area (Å²) < 4.78 is 5.48. The molecule has 6 nitrogen and oxygen atoms in total. The summed E-state index contributed by atoms with van der Waals surface area (Å²) in [5, 5.41) is 23.5. The zero-order chi connectivity index (χ0) is 58.5. The SMILES string of the molecule is CCCCC/C=C\CCCCCCCC(=O)OCCCCCCCCCCCCCCCCCCCCCCCCCCCCCCC(=O)NC(CO)C(O)CCCCCCCCCCCCCCCCCCCCCCCCCC. The zero-order valence-electron chi connectivity index (χ0n) is 55.3. The molecule has 6 heteroatoms. The summed E-state index contributed by atoms with van der Waals surface area (Å²) in [6.07, 6.45) is 88.5. The Labute approximate surface area is 508 Å². The molecule has 0 aliphatic rings. The number of unbranched alkanes of at least 4 members (excludes halogenated alkanes) is 58. The minimum absolute atomic E-state index is 0.00980. The van der Waals surface area contributed by atoms with Gasteiger partial charge >= 0.3 is 5.97 Å². The van der Waals surface area contributed by atoms with Gasteiger partial charge in [0.05, 0.1) is 25.4 Å². The maximum absolute atomic E-state index is 12.6. The van der Waals surface area contributed by atoms with Gasteiger partial charge in [-0.05, 0) is 51.4 Å². The first kappa shape index (κ1) is 79.6. The van der Waals surface area contributed by atoms with Crippen LogP contribution in [0.15, 0.2) is 12.2 Å². The lowest BCUT2D eigenvalue weighted by Crippen LogP contribution is -2.45. The highest BCUT2D eigenvalue weighted by molar-refractivity contribution is 5.76. The van der Waals surface area contributed by atoms with E-state index in [1.54, 1.807) is 0 Å². The molecule has 0 rings (SSSR count). The Morgan fingerprint density at radius 2 is 0.580 bits per heavy atom. The number of esters is 1. The molecule has 2 unspecified atom stereocenters. The number of aliphatic hydroxyl groups excluding tert-OH is 2. The molecule has 1 amide bonds. The Kier molecular flexibility index (Phi) is 69.9. The normalized spacial score (nSPS) is 12.5. The topological polar surface area (TPSA) is 95.9 Å². The van der Waals surface area contributed by atoms with Gasteiger partial charge in [-0.2, -0.15) is 0 Å². The summed E-state index contributed by atoms with van der Waals surface area (Å²) in [6, 6.07) is -0.540. The molecular formula is C75H147NO5. The molecule has 3 N–H and O–H groups in total. The third-order valence-electron chi connectivity index (χ3n) is 17.8. The Bertz CT molecular complexity index is 1220. The number of aliphatic hydroxyl groups is 2. The lowest BCUT2D eigenvalue weighted by molar-refractivity contribution is -0.143. The molecule has 482 valence electrons. The van der Waals surface area contributed by atoms with Crippen LogP contribution in [0.1, 0.15) is 431 Å². The van der Waals surface area contributed by atoms with Crippen LogP contribution in [0.2, 0.25) is 0 Å². The monoisotopic (exact) mass is 1140 g/mol. The summed E-state index contributed by atoms with van der Waals surface area (Å²) in [4.78, 5) is 24.6. The molecule has 0 aliphatic carbocycles. The number of hydrogen-bond acceptors (Lipinski definition) is 5. The van der Waals surface area contributed by atoms with E-state index >= 15 is 0 Å². The van der Waals surface area contributed by atoms with Crippen LogP contribution in [0.5, 0.6) is 0 Å². The van der Waals surface area contributed by atoms with Crippen molar-refractivity contribution in [1.82, 2.24) is 5.32 Å². The van der Waals surface area contributed by atoms with E-state index in [0.29, 0.717) is 25.9 Å². The third kappa shape index (κ3) is 67.6. The molecule has 0 fully saturated rings. The van der Waals surface area contributed by atoms with E-state index in [0.717, 1.165) is 44.9 Å². The van der Waals surface area contributed by atoms with Gasteiger partial charge in [0.25, 0.3) is 0 Å². The van der Waals surface area contributed by atoms with Crippen molar-refractivity contribution in [3.63, 3.8) is 0 Å². The number of allylic oxidation sites excluding steroid dienone is 2. The molecule has 0 aromatic carbocycles. The average Bonchev–Trinajstić information content (AvgIpc) is 3.47. The van der Waals surface area contributed by atoms with Gasteiger partial charge in [-0.15, -0.1) is 0 Å². The van der Waals surface area contributed by atoms with Crippen molar-refractivity contribution >= 4 is 11.9 Å². The van der Waals surface area contributed by atoms with Gasteiger partial charge in [0.2, 0.25) is 5.91 Å². The summed E-state index contributed by atoms with van der Waals surface area (Å²) >= 11 is 0. The summed E-state index contributed by atoms with van der Waals surface area (Å²) in [6.45, 7) is 4.98. The van der Waals surface area contributed by atoms with Gasteiger partial charge in [-0.1, -0.05) is 379 Å². The van der Waals surface area contributed by atoms with Gasteiger partial charge in [-0.3, -0.25) is 9.59 Å². The van der Waals surface area contributed by atoms with Gasteiger partial charge in [-0.25, -0.2) is 0 Å². The van der Waals surface area contributed by atoms with Crippen LogP contribution in [0.3, 0.4) is 0 Å². The van der Waals surface area contributed by atoms with E-state index in [-0.39, 0.29) is 18.5 Å². The van der Waals surface area contributed by atoms with E-state index in [4.69, 9.17) is 4.74 Å². The van der Waals surface area contributed by atoms with Gasteiger partial charge in [0.15, 0.2) is 0 Å². The van der Waals surface area contributed by atoms with Crippen molar-refractivity contribution in [2.75, 3.05) is 13.2 Å². The van der Waals surface area contributed by atoms with E-state index in [1.807, 2.05) is 0 Å². The third-order valence-corrected chi connectivity index (χ3v) is 17.8. The Morgan fingerprint density at radius 3 is 0.901 bits per heavy atom. The number of amides is 1. The van der Waals surface area contributed by atoms with Gasteiger partial charge in [0.1, 0.15) is 0 Å². The highest BCUT2D eigenvalue weighted by Crippen LogP contribution is 2.20. The number of carbonyl (C=O) groups excluding carboxylic acids is 2. The van der Waals surface area contributed by atoms with Crippen LogP contribution in [-0.4, -0.2) is 47.4 Å². The standard InChI is InChI=1S/C75H147NO5/c1-3-5-7-9-11-13-15-17-18-19-20-21-22-29-32-35-38-41-44-47-51-55-59-63-67-73(78)72(71-77)76-74(79)68-64-60-56-52-48-45-42-39-36-33-30-27-25-23-24-26-28-31-34-37-40-43-46-50-54-58-62-66-70-81-75(80)69-65-61-57-53-49-16-14-12-10-8-6-4-2/h12,14,72-73,77-78H,3-11,13,15-71H2,1-2H3,(H,76,79)/b14-12-. The first-order chi connectivity index (χ1) is 40.0. The quantitative estimate of drug-likeness (QED) is 0.0320. The van der Waals surface area contributed by atoms with Crippen LogP contribution in [0.25, 0.3) is 0 Å². The maximum atomic E-state index is 12.6. The largest absolute Gasteiger partial charge is 0.466 e. The summed E-state index contributed by atoms with van der Waals surface area (Å²) in [5.74, 6) is -0.0163. The molecule has 0 saturated heterocycles. The Hall–Kier alpha value is -1.40. The lowest BCUT2D eigenvalue weighted by atomic mass is 10.0. The maximum Gasteiger partial charge on any atom is 0.305 e. The van der Waals surface area contributed by atoms with E-state index < -0.39 is 12.1 Å². The van der Waals surface area contributed by atoms with Crippen LogP contribution < -0.4 is 5.32 Å². The van der Waals surface area contributed by atoms with Crippen LogP contribution in [0.4, 0.5) is 0 Å². The van der Waals surface area contributed by atoms with Gasteiger partial charge < -0.3 is 20.3 Å². The van der Waals surface area contributed by atoms with Crippen molar-refractivity contribution in [2.24, 2.45) is 0 Å². The van der Waals surface area contributed by atoms with Crippen LogP contribution >= 0.6 is 0 Å². The molecular weight excluding hydrogens is 995 g/mol. The van der Waals surface area contributed by atoms with Crippen molar-refractivity contribution in [1.29, 1.82) is 0 Å².